The minimum absolute atomic E-state index is 0. The highest BCUT2D eigenvalue weighted by Crippen LogP contribution is 2.24. The van der Waals surface area contributed by atoms with Crippen LogP contribution in [0.15, 0.2) is 0 Å². The van der Waals surface area contributed by atoms with Crippen molar-refractivity contribution < 1.29 is 4.79 Å². The van der Waals surface area contributed by atoms with Gasteiger partial charge in [0, 0.05) is 19.0 Å². The number of hydrogen-bond acceptors (Lipinski definition) is 3. The van der Waals surface area contributed by atoms with Crippen molar-refractivity contribution in [2.75, 3.05) is 32.7 Å². The number of amides is 1. The number of nitrogens with one attached hydrogen (secondary N) is 2. The monoisotopic (exact) mass is 367 g/mol. The van der Waals surface area contributed by atoms with E-state index >= 15 is 0 Å². The van der Waals surface area contributed by atoms with E-state index in [9.17, 15) is 4.79 Å². The van der Waals surface area contributed by atoms with Crippen LogP contribution in [0.4, 0.5) is 0 Å². The lowest BCUT2D eigenvalue weighted by Gasteiger charge is -2.35. The molecule has 6 heteroatoms. The van der Waals surface area contributed by atoms with Gasteiger partial charge in [-0.05, 0) is 63.7 Å². The third-order valence-electron chi connectivity index (χ3n) is 5.39. The van der Waals surface area contributed by atoms with Crippen LogP contribution in [0, 0.1) is 11.8 Å². The number of carbonyl (C=O) groups excluding carboxylic acids is 1. The number of likely N-dealkylation sites (N-methyl/N-ethyl adjacent to an activating group) is 1. The van der Waals surface area contributed by atoms with Crippen LogP contribution in [0.3, 0.4) is 0 Å². The summed E-state index contributed by atoms with van der Waals surface area (Å²) in [5.74, 6) is 1.49. The molecular formula is C17H35Cl2N3O. The predicted molar refractivity (Wildman–Crippen MR) is 102 cm³/mol. The predicted octanol–water partition coefficient (Wildman–Crippen LogP) is 2.85. The maximum absolute atomic E-state index is 12.2. The van der Waals surface area contributed by atoms with Crippen molar-refractivity contribution in [3.8, 4) is 0 Å². The SMILES string of the molecule is CCN1CCCCC1CNC(=O)CC(C)C1CCNCC1.Cl.Cl. The van der Waals surface area contributed by atoms with E-state index in [4.69, 9.17) is 0 Å². The second-order valence-electron chi connectivity index (χ2n) is 6.85. The van der Waals surface area contributed by atoms with Gasteiger partial charge in [0.1, 0.15) is 0 Å². The van der Waals surface area contributed by atoms with Crippen LogP contribution in [0.1, 0.15) is 52.4 Å². The van der Waals surface area contributed by atoms with E-state index in [0.29, 0.717) is 18.4 Å². The highest BCUT2D eigenvalue weighted by molar-refractivity contribution is 5.85. The first-order valence-corrected chi connectivity index (χ1v) is 8.92. The van der Waals surface area contributed by atoms with Gasteiger partial charge in [0.2, 0.25) is 5.91 Å². The van der Waals surface area contributed by atoms with Gasteiger partial charge >= 0.3 is 0 Å². The van der Waals surface area contributed by atoms with E-state index in [1.54, 1.807) is 0 Å². The van der Waals surface area contributed by atoms with Crippen molar-refractivity contribution in [1.29, 1.82) is 0 Å². The van der Waals surface area contributed by atoms with Crippen LogP contribution in [-0.2, 0) is 4.79 Å². The van der Waals surface area contributed by atoms with E-state index in [2.05, 4.69) is 29.4 Å². The Hall–Kier alpha value is -0.0300. The molecule has 2 aliphatic heterocycles. The van der Waals surface area contributed by atoms with Gasteiger partial charge in [0.25, 0.3) is 0 Å². The molecule has 2 unspecified atom stereocenters. The molecular weight excluding hydrogens is 333 g/mol. The summed E-state index contributed by atoms with van der Waals surface area (Å²) in [7, 11) is 0. The quantitative estimate of drug-likeness (QED) is 0.758. The minimum atomic E-state index is 0. The van der Waals surface area contributed by atoms with E-state index in [-0.39, 0.29) is 30.7 Å². The molecule has 0 aliphatic carbocycles. The number of nitrogens with zero attached hydrogens (tertiary/aromatic N) is 1. The second kappa shape index (κ2) is 12.3. The summed E-state index contributed by atoms with van der Waals surface area (Å²) in [5.41, 5.74) is 0. The summed E-state index contributed by atoms with van der Waals surface area (Å²) in [6.07, 6.45) is 7.00. The first kappa shape index (κ1) is 23.0. The minimum Gasteiger partial charge on any atom is -0.355 e. The first-order valence-electron chi connectivity index (χ1n) is 8.92. The average molecular weight is 368 g/mol. The number of likely N-dealkylation sites (tertiary alicyclic amines) is 1. The zero-order valence-electron chi connectivity index (χ0n) is 14.7. The van der Waals surface area contributed by atoms with Crippen molar-refractivity contribution in [3.63, 3.8) is 0 Å². The third-order valence-corrected chi connectivity index (χ3v) is 5.39. The largest absolute Gasteiger partial charge is 0.355 e. The summed E-state index contributed by atoms with van der Waals surface area (Å²) in [6.45, 7) is 9.84. The summed E-state index contributed by atoms with van der Waals surface area (Å²) in [6, 6.07) is 0.557. The Labute approximate surface area is 154 Å². The van der Waals surface area contributed by atoms with Gasteiger partial charge in [-0.3, -0.25) is 9.69 Å². The molecule has 1 amide bonds. The molecule has 2 fully saturated rings. The summed E-state index contributed by atoms with van der Waals surface area (Å²) in [4.78, 5) is 14.7. The maximum atomic E-state index is 12.2. The lowest BCUT2D eigenvalue weighted by Crippen LogP contribution is -2.46. The molecule has 4 nitrogen and oxygen atoms in total. The topological polar surface area (TPSA) is 44.4 Å². The molecule has 0 saturated carbocycles. The highest BCUT2D eigenvalue weighted by Gasteiger charge is 2.24. The van der Waals surface area contributed by atoms with Crippen molar-refractivity contribution in [3.05, 3.63) is 0 Å². The van der Waals surface area contributed by atoms with Crippen LogP contribution in [0.2, 0.25) is 0 Å². The van der Waals surface area contributed by atoms with Gasteiger partial charge < -0.3 is 10.6 Å². The molecule has 0 spiro atoms. The van der Waals surface area contributed by atoms with Crippen LogP contribution < -0.4 is 10.6 Å². The average Bonchev–Trinajstić information content (AvgIpc) is 2.54. The number of halogens is 2. The number of hydrogen-bond donors (Lipinski definition) is 2. The van der Waals surface area contributed by atoms with Gasteiger partial charge in [-0.2, -0.15) is 0 Å². The van der Waals surface area contributed by atoms with Crippen LogP contribution in [-0.4, -0.2) is 49.6 Å². The lowest BCUT2D eigenvalue weighted by molar-refractivity contribution is -0.122. The molecule has 2 aliphatic rings. The number of piperidine rings is 2. The lowest BCUT2D eigenvalue weighted by atomic mass is 9.84. The van der Waals surface area contributed by atoms with E-state index < -0.39 is 0 Å². The van der Waals surface area contributed by atoms with Crippen molar-refractivity contribution in [2.45, 2.75) is 58.4 Å². The molecule has 0 radical (unpaired) electrons. The Balaban J connectivity index is 0.00000242. The fourth-order valence-corrected chi connectivity index (χ4v) is 3.88. The molecule has 2 heterocycles. The second-order valence-corrected chi connectivity index (χ2v) is 6.85. The standard InChI is InChI=1S/C17H33N3O.2ClH/c1-3-20-11-5-4-6-16(20)13-19-17(21)12-14(2)15-7-9-18-10-8-15;;/h14-16,18H,3-13H2,1-2H3,(H,19,21);2*1H. The van der Waals surface area contributed by atoms with Crippen LogP contribution in [0.25, 0.3) is 0 Å². The van der Waals surface area contributed by atoms with Crippen LogP contribution in [0.5, 0.6) is 0 Å². The Morgan fingerprint density at radius 1 is 1.22 bits per heavy atom. The molecule has 0 bridgehead atoms. The number of carbonyl (C=O) groups is 1. The van der Waals surface area contributed by atoms with Crippen molar-refractivity contribution >= 4 is 30.7 Å². The van der Waals surface area contributed by atoms with Gasteiger partial charge in [0.05, 0.1) is 0 Å². The van der Waals surface area contributed by atoms with Gasteiger partial charge in [-0.1, -0.05) is 20.3 Å². The fourth-order valence-electron chi connectivity index (χ4n) is 3.88. The van der Waals surface area contributed by atoms with E-state index in [1.165, 1.54) is 38.6 Å². The highest BCUT2D eigenvalue weighted by atomic mass is 35.5. The molecule has 2 saturated heterocycles. The Morgan fingerprint density at radius 3 is 2.57 bits per heavy atom. The zero-order valence-corrected chi connectivity index (χ0v) is 16.3. The summed E-state index contributed by atoms with van der Waals surface area (Å²) < 4.78 is 0. The van der Waals surface area contributed by atoms with Crippen molar-refractivity contribution in [2.24, 2.45) is 11.8 Å². The molecule has 138 valence electrons. The molecule has 2 rings (SSSR count). The molecule has 0 aromatic heterocycles. The molecule has 0 aromatic carbocycles. The fraction of sp³-hybridized carbons (Fsp3) is 0.941. The Kier molecular flexibility index (Phi) is 12.3. The Morgan fingerprint density at radius 2 is 1.91 bits per heavy atom. The zero-order chi connectivity index (χ0) is 15.1. The van der Waals surface area contributed by atoms with Gasteiger partial charge in [0.15, 0.2) is 0 Å². The third kappa shape index (κ3) is 7.59. The van der Waals surface area contributed by atoms with Gasteiger partial charge in [-0.15, -0.1) is 24.8 Å². The number of rotatable bonds is 6. The van der Waals surface area contributed by atoms with Crippen LogP contribution >= 0.6 is 24.8 Å². The normalized spacial score (nSPS) is 24.2. The van der Waals surface area contributed by atoms with E-state index in [1.807, 2.05) is 0 Å². The smallest absolute Gasteiger partial charge is 0.220 e. The Bertz CT molecular complexity index is 325. The molecule has 0 aromatic rings. The van der Waals surface area contributed by atoms with E-state index in [0.717, 1.165) is 32.1 Å². The first-order chi connectivity index (χ1) is 10.2. The summed E-state index contributed by atoms with van der Waals surface area (Å²) >= 11 is 0. The maximum Gasteiger partial charge on any atom is 0.220 e. The molecule has 23 heavy (non-hydrogen) atoms. The van der Waals surface area contributed by atoms with Gasteiger partial charge in [-0.25, -0.2) is 0 Å². The molecule has 2 atom stereocenters. The summed E-state index contributed by atoms with van der Waals surface area (Å²) in [5, 5.41) is 6.59. The molecule has 2 N–H and O–H groups in total. The van der Waals surface area contributed by atoms with Crippen molar-refractivity contribution in [1.82, 2.24) is 15.5 Å².